The molecular weight excluding hydrogens is 254 g/mol. The highest BCUT2D eigenvalue weighted by Gasteiger charge is 2.40. The van der Waals surface area contributed by atoms with Crippen molar-refractivity contribution in [1.82, 2.24) is 0 Å². The highest BCUT2D eigenvalue weighted by Crippen LogP contribution is 2.32. The number of esters is 1. The summed E-state index contributed by atoms with van der Waals surface area (Å²) < 4.78 is 10.7. The summed E-state index contributed by atoms with van der Waals surface area (Å²) in [5.74, 6) is 0.576. The fourth-order valence-electron chi connectivity index (χ4n) is 1.57. The molecule has 0 saturated heterocycles. The Hall–Kier alpha value is -0.770. The van der Waals surface area contributed by atoms with Crippen molar-refractivity contribution >= 4 is 23.5 Å². The Kier molecular flexibility index (Phi) is 4.65. The summed E-state index contributed by atoms with van der Waals surface area (Å²) in [6.07, 6.45) is 0. The number of hydrogen-bond donors (Lipinski definition) is 0. The normalized spacial score (nSPS) is 23.0. The van der Waals surface area contributed by atoms with E-state index in [2.05, 4.69) is 25.8 Å². The number of halogens is 1. The van der Waals surface area contributed by atoms with Gasteiger partial charge in [0.2, 0.25) is 0 Å². The predicted octanol–water partition coefficient (Wildman–Crippen LogP) is 2.64. The Balaban J connectivity index is 2.80. The molecule has 1 aliphatic heterocycles. The minimum absolute atomic E-state index is 0.0520. The summed E-state index contributed by atoms with van der Waals surface area (Å²) in [7, 11) is 0. The van der Waals surface area contributed by atoms with Crippen molar-refractivity contribution in [3.63, 3.8) is 0 Å². The lowest BCUT2D eigenvalue weighted by molar-refractivity contribution is -0.142. The van der Waals surface area contributed by atoms with Gasteiger partial charge in [0.15, 0.2) is 5.90 Å². The molecule has 0 spiro atoms. The number of aliphatic imine (C=N–C) groups is 1. The van der Waals surface area contributed by atoms with Crippen molar-refractivity contribution < 1.29 is 14.3 Å². The monoisotopic (exact) mass is 275 g/mol. The first-order valence-electron chi connectivity index (χ1n) is 6.09. The van der Waals surface area contributed by atoms with Crippen LogP contribution in [0.3, 0.4) is 0 Å². The molecule has 0 amide bonds. The molecule has 0 saturated carbocycles. The molecule has 1 unspecified atom stereocenters. The smallest absolute Gasteiger partial charge is 0.302 e. The van der Waals surface area contributed by atoms with Crippen molar-refractivity contribution in [3.05, 3.63) is 0 Å². The van der Waals surface area contributed by atoms with Gasteiger partial charge in [0, 0.05) is 12.8 Å². The van der Waals surface area contributed by atoms with Crippen LogP contribution in [0.5, 0.6) is 0 Å². The number of nitrogens with zero attached hydrogens (tertiary/aromatic N) is 1. The second-order valence-electron chi connectivity index (χ2n) is 6.10. The zero-order chi connectivity index (χ0) is 14.0. The molecule has 1 aliphatic rings. The van der Waals surface area contributed by atoms with E-state index in [0.717, 1.165) is 0 Å². The lowest BCUT2D eigenvalue weighted by atomic mass is 9.88. The van der Waals surface area contributed by atoms with E-state index in [-0.39, 0.29) is 24.0 Å². The first-order chi connectivity index (χ1) is 8.19. The van der Waals surface area contributed by atoms with Crippen LogP contribution in [0, 0.1) is 10.8 Å². The van der Waals surface area contributed by atoms with Gasteiger partial charge in [0.1, 0.15) is 13.2 Å². The molecule has 104 valence electrons. The molecule has 0 N–H and O–H groups in total. The number of carbonyl (C=O) groups excluding carboxylic acids is 1. The van der Waals surface area contributed by atoms with Crippen LogP contribution in [-0.4, -0.2) is 37.0 Å². The molecule has 1 heterocycles. The van der Waals surface area contributed by atoms with Crippen molar-refractivity contribution in [3.8, 4) is 0 Å². The quantitative estimate of drug-likeness (QED) is 0.585. The van der Waals surface area contributed by atoms with E-state index in [1.54, 1.807) is 0 Å². The third-order valence-corrected chi connectivity index (χ3v) is 3.65. The number of carbonyl (C=O) groups is 1. The average molecular weight is 276 g/mol. The molecule has 4 nitrogen and oxygen atoms in total. The standard InChI is InChI=1S/C13H22ClNO3/c1-9(16)18-8-13(5,7-14)11-15-10(6-17-11)12(2,3)4/h10H,6-8H2,1-5H3/t10-,13?/m0/s1. The molecule has 0 aliphatic carbocycles. The lowest BCUT2D eigenvalue weighted by Gasteiger charge is -2.25. The molecule has 0 fully saturated rings. The van der Waals surface area contributed by atoms with Gasteiger partial charge in [-0.05, 0) is 12.3 Å². The number of hydrogen-bond acceptors (Lipinski definition) is 4. The van der Waals surface area contributed by atoms with Crippen LogP contribution in [0.1, 0.15) is 34.6 Å². The lowest BCUT2D eigenvalue weighted by Crippen LogP contribution is -2.35. The molecule has 0 bridgehead atoms. The fourth-order valence-corrected chi connectivity index (χ4v) is 1.76. The van der Waals surface area contributed by atoms with E-state index in [1.807, 2.05) is 6.92 Å². The first kappa shape index (κ1) is 15.3. The topological polar surface area (TPSA) is 47.9 Å². The van der Waals surface area contributed by atoms with E-state index < -0.39 is 5.41 Å². The summed E-state index contributed by atoms with van der Waals surface area (Å²) in [5, 5.41) is 0. The van der Waals surface area contributed by atoms with Crippen LogP contribution in [0.4, 0.5) is 0 Å². The van der Waals surface area contributed by atoms with E-state index in [1.165, 1.54) is 6.92 Å². The molecule has 18 heavy (non-hydrogen) atoms. The Morgan fingerprint density at radius 1 is 1.50 bits per heavy atom. The molecule has 0 radical (unpaired) electrons. The van der Waals surface area contributed by atoms with Crippen LogP contribution in [0.15, 0.2) is 4.99 Å². The van der Waals surface area contributed by atoms with Crippen LogP contribution in [0.25, 0.3) is 0 Å². The summed E-state index contributed by atoms with van der Waals surface area (Å²) >= 11 is 5.98. The first-order valence-corrected chi connectivity index (χ1v) is 6.63. The number of alkyl halides is 1. The van der Waals surface area contributed by atoms with Crippen molar-refractivity contribution in [2.45, 2.75) is 40.7 Å². The third-order valence-electron chi connectivity index (χ3n) is 3.06. The number of rotatable bonds is 4. The van der Waals surface area contributed by atoms with Gasteiger partial charge in [-0.25, -0.2) is 4.99 Å². The Morgan fingerprint density at radius 2 is 2.11 bits per heavy atom. The molecule has 1 rings (SSSR count). The van der Waals surface area contributed by atoms with Crippen LogP contribution in [-0.2, 0) is 14.3 Å². The van der Waals surface area contributed by atoms with Gasteiger partial charge < -0.3 is 9.47 Å². The zero-order valence-corrected chi connectivity index (χ0v) is 12.5. The fraction of sp³-hybridized carbons (Fsp3) is 0.846. The van der Waals surface area contributed by atoms with Gasteiger partial charge in [0.05, 0.1) is 11.5 Å². The summed E-state index contributed by atoms with van der Waals surface area (Å²) in [5.41, 5.74) is -0.496. The van der Waals surface area contributed by atoms with Crippen molar-refractivity contribution in [1.29, 1.82) is 0 Å². The van der Waals surface area contributed by atoms with E-state index in [9.17, 15) is 4.79 Å². The van der Waals surface area contributed by atoms with E-state index >= 15 is 0 Å². The molecular formula is C13H22ClNO3. The summed E-state index contributed by atoms with van der Waals surface area (Å²) in [6.45, 7) is 10.4. The SMILES string of the molecule is CC(=O)OCC(C)(CCl)C1=N[C@H](C(C)(C)C)CO1. The van der Waals surface area contributed by atoms with Crippen molar-refractivity contribution in [2.75, 3.05) is 19.1 Å². The summed E-state index contributed by atoms with van der Waals surface area (Å²) in [4.78, 5) is 15.5. The third kappa shape index (κ3) is 3.61. The maximum absolute atomic E-state index is 10.9. The molecule has 0 aromatic heterocycles. The van der Waals surface area contributed by atoms with Crippen molar-refractivity contribution in [2.24, 2.45) is 15.8 Å². The largest absolute Gasteiger partial charge is 0.478 e. The number of ether oxygens (including phenoxy) is 2. The minimum atomic E-state index is -0.548. The Morgan fingerprint density at radius 3 is 2.50 bits per heavy atom. The maximum Gasteiger partial charge on any atom is 0.302 e. The minimum Gasteiger partial charge on any atom is -0.478 e. The van der Waals surface area contributed by atoms with Gasteiger partial charge in [-0.15, -0.1) is 11.6 Å². The van der Waals surface area contributed by atoms with E-state index in [4.69, 9.17) is 21.1 Å². The maximum atomic E-state index is 10.9. The van der Waals surface area contributed by atoms with Gasteiger partial charge in [-0.1, -0.05) is 20.8 Å². The second kappa shape index (κ2) is 5.47. The highest BCUT2D eigenvalue weighted by molar-refractivity contribution is 6.20. The highest BCUT2D eigenvalue weighted by atomic mass is 35.5. The van der Waals surface area contributed by atoms with Crippen LogP contribution < -0.4 is 0 Å². The Bertz CT molecular complexity index is 349. The van der Waals surface area contributed by atoms with Gasteiger partial charge in [-0.2, -0.15) is 0 Å². The zero-order valence-electron chi connectivity index (χ0n) is 11.7. The molecule has 0 aromatic carbocycles. The molecule has 5 heteroatoms. The average Bonchev–Trinajstić information content (AvgIpc) is 2.75. The van der Waals surface area contributed by atoms with E-state index in [0.29, 0.717) is 18.4 Å². The van der Waals surface area contributed by atoms with Crippen LogP contribution >= 0.6 is 11.6 Å². The molecule has 2 atom stereocenters. The van der Waals surface area contributed by atoms with Gasteiger partial charge >= 0.3 is 5.97 Å². The summed E-state index contributed by atoms with van der Waals surface area (Å²) in [6, 6.07) is 0.118. The molecule has 0 aromatic rings. The Labute approximate surface area is 114 Å². The predicted molar refractivity (Wildman–Crippen MR) is 72.1 cm³/mol. The van der Waals surface area contributed by atoms with Gasteiger partial charge in [-0.3, -0.25) is 4.79 Å². The van der Waals surface area contributed by atoms with Crippen LogP contribution in [0.2, 0.25) is 0 Å². The van der Waals surface area contributed by atoms with Gasteiger partial charge in [0.25, 0.3) is 0 Å². The second-order valence-corrected chi connectivity index (χ2v) is 6.37.